The monoisotopic (exact) mass is 347 g/mol. The first-order valence-electron chi connectivity index (χ1n) is 8.57. The van der Waals surface area contributed by atoms with E-state index >= 15 is 0 Å². The standard InChI is InChI=1S/C17H34BrNO/c1-3-4-5-6-7-8-9-10-11-14-17(20)19-15-12-13-16(2)18/h16H,3-15H2,1-2H3,(H,19,20). The zero-order valence-corrected chi connectivity index (χ0v) is 15.1. The summed E-state index contributed by atoms with van der Waals surface area (Å²) < 4.78 is 0. The molecule has 120 valence electrons. The normalized spacial score (nSPS) is 12.3. The second-order valence-corrected chi connectivity index (χ2v) is 7.41. The van der Waals surface area contributed by atoms with Gasteiger partial charge in [-0.2, -0.15) is 0 Å². The minimum Gasteiger partial charge on any atom is -0.356 e. The third kappa shape index (κ3) is 16.0. The Morgan fingerprint density at radius 2 is 1.50 bits per heavy atom. The largest absolute Gasteiger partial charge is 0.356 e. The van der Waals surface area contributed by atoms with Crippen LogP contribution in [-0.4, -0.2) is 17.3 Å². The fourth-order valence-electron chi connectivity index (χ4n) is 2.30. The van der Waals surface area contributed by atoms with Gasteiger partial charge in [-0.05, 0) is 19.3 Å². The molecule has 1 unspecified atom stereocenters. The molecule has 0 aliphatic rings. The van der Waals surface area contributed by atoms with Crippen molar-refractivity contribution in [2.24, 2.45) is 0 Å². The van der Waals surface area contributed by atoms with E-state index in [1.807, 2.05) is 0 Å². The third-order valence-corrected chi connectivity index (χ3v) is 4.07. The van der Waals surface area contributed by atoms with Crippen LogP contribution in [0.3, 0.4) is 0 Å². The molecule has 1 amide bonds. The van der Waals surface area contributed by atoms with Gasteiger partial charge in [0.2, 0.25) is 5.91 Å². The summed E-state index contributed by atoms with van der Waals surface area (Å²) >= 11 is 3.51. The van der Waals surface area contributed by atoms with Gasteiger partial charge in [0.05, 0.1) is 0 Å². The van der Waals surface area contributed by atoms with Crippen molar-refractivity contribution in [3.05, 3.63) is 0 Å². The van der Waals surface area contributed by atoms with Gasteiger partial charge in [0.25, 0.3) is 0 Å². The van der Waals surface area contributed by atoms with Crippen LogP contribution in [0.5, 0.6) is 0 Å². The second-order valence-electron chi connectivity index (χ2n) is 5.85. The number of halogens is 1. The van der Waals surface area contributed by atoms with Crippen molar-refractivity contribution in [1.82, 2.24) is 5.32 Å². The molecule has 3 heteroatoms. The highest BCUT2D eigenvalue weighted by atomic mass is 79.9. The quantitative estimate of drug-likeness (QED) is 0.322. The molecule has 1 N–H and O–H groups in total. The van der Waals surface area contributed by atoms with Gasteiger partial charge in [-0.25, -0.2) is 0 Å². The van der Waals surface area contributed by atoms with Gasteiger partial charge in [-0.3, -0.25) is 4.79 Å². The van der Waals surface area contributed by atoms with Crippen molar-refractivity contribution in [2.75, 3.05) is 6.54 Å². The maximum atomic E-state index is 11.6. The van der Waals surface area contributed by atoms with Crippen molar-refractivity contribution in [2.45, 2.75) is 95.7 Å². The molecule has 0 aromatic heterocycles. The highest BCUT2D eigenvalue weighted by molar-refractivity contribution is 9.09. The van der Waals surface area contributed by atoms with Gasteiger partial charge in [0.15, 0.2) is 0 Å². The highest BCUT2D eigenvalue weighted by Gasteiger charge is 2.01. The van der Waals surface area contributed by atoms with Crippen LogP contribution < -0.4 is 5.32 Å². The van der Waals surface area contributed by atoms with Gasteiger partial charge in [-0.1, -0.05) is 81.1 Å². The maximum absolute atomic E-state index is 11.6. The first kappa shape index (κ1) is 19.9. The zero-order valence-electron chi connectivity index (χ0n) is 13.6. The molecule has 0 saturated carbocycles. The lowest BCUT2D eigenvalue weighted by molar-refractivity contribution is -0.121. The van der Waals surface area contributed by atoms with Crippen LogP contribution in [0.15, 0.2) is 0 Å². The predicted octanol–water partition coefficient (Wildman–Crippen LogP) is 5.59. The van der Waals surface area contributed by atoms with Gasteiger partial charge < -0.3 is 5.32 Å². The number of amides is 1. The number of hydrogen-bond donors (Lipinski definition) is 1. The molecule has 0 rings (SSSR count). The van der Waals surface area contributed by atoms with Crippen molar-refractivity contribution in [3.63, 3.8) is 0 Å². The molecule has 0 aliphatic heterocycles. The van der Waals surface area contributed by atoms with E-state index in [9.17, 15) is 4.79 Å². The number of alkyl halides is 1. The lowest BCUT2D eigenvalue weighted by atomic mass is 10.1. The van der Waals surface area contributed by atoms with Crippen molar-refractivity contribution in [1.29, 1.82) is 0 Å². The highest BCUT2D eigenvalue weighted by Crippen LogP contribution is 2.10. The Labute approximate surface area is 134 Å². The van der Waals surface area contributed by atoms with E-state index in [0.717, 1.165) is 25.8 Å². The second kappa shape index (κ2) is 15.3. The molecule has 0 saturated heterocycles. The van der Waals surface area contributed by atoms with Crippen LogP contribution in [0, 0.1) is 0 Å². The lowest BCUT2D eigenvalue weighted by Gasteiger charge is -2.06. The van der Waals surface area contributed by atoms with E-state index in [-0.39, 0.29) is 5.91 Å². The predicted molar refractivity (Wildman–Crippen MR) is 92.5 cm³/mol. The van der Waals surface area contributed by atoms with Crippen molar-refractivity contribution < 1.29 is 4.79 Å². The maximum Gasteiger partial charge on any atom is 0.219 e. The number of rotatable bonds is 14. The van der Waals surface area contributed by atoms with E-state index in [1.165, 1.54) is 51.4 Å². The third-order valence-electron chi connectivity index (χ3n) is 3.61. The molecule has 0 aromatic rings. The van der Waals surface area contributed by atoms with Gasteiger partial charge in [0, 0.05) is 17.8 Å². The molecule has 0 spiro atoms. The van der Waals surface area contributed by atoms with Crippen LogP contribution in [0.1, 0.15) is 90.9 Å². The molecule has 2 nitrogen and oxygen atoms in total. The first-order valence-corrected chi connectivity index (χ1v) is 9.49. The Hall–Kier alpha value is -0.0500. The molecular formula is C17H34BrNO. The molecular weight excluding hydrogens is 314 g/mol. The number of unbranched alkanes of at least 4 members (excludes halogenated alkanes) is 8. The summed E-state index contributed by atoms with van der Waals surface area (Å²) in [6.07, 6.45) is 14.7. The number of nitrogens with one attached hydrogen (secondary N) is 1. The number of carbonyl (C=O) groups excluding carboxylic acids is 1. The molecule has 0 fully saturated rings. The summed E-state index contributed by atoms with van der Waals surface area (Å²) in [6, 6.07) is 0. The number of hydrogen-bond acceptors (Lipinski definition) is 1. The molecule has 0 bridgehead atoms. The zero-order chi connectivity index (χ0) is 15.1. The van der Waals surface area contributed by atoms with Gasteiger partial charge >= 0.3 is 0 Å². The molecule has 0 aromatic carbocycles. The first-order chi connectivity index (χ1) is 9.66. The number of carbonyl (C=O) groups is 1. The topological polar surface area (TPSA) is 29.1 Å². The van der Waals surface area contributed by atoms with Gasteiger partial charge in [0.1, 0.15) is 0 Å². The molecule has 0 radical (unpaired) electrons. The van der Waals surface area contributed by atoms with Gasteiger partial charge in [-0.15, -0.1) is 0 Å². The average molecular weight is 348 g/mol. The minimum absolute atomic E-state index is 0.232. The molecule has 0 heterocycles. The van der Waals surface area contributed by atoms with E-state index < -0.39 is 0 Å². The summed E-state index contributed by atoms with van der Waals surface area (Å²) in [5, 5.41) is 3.00. The Balaban J connectivity index is 3.15. The van der Waals surface area contributed by atoms with Crippen LogP contribution in [-0.2, 0) is 4.79 Å². The summed E-state index contributed by atoms with van der Waals surface area (Å²) in [7, 11) is 0. The summed E-state index contributed by atoms with van der Waals surface area (Å²) in [5.41, 5.74) is 0. The molecule has 1 atom stereocenters. The van der Waals surface area contributed by atoms with Crippen LogP contribution >= 0.6 is 15.9 Å². The fraction of sp³-hybridized carbons (Fsp3) is 0.941. The van der Waals surface area contributed by atoms with Crippen molar-refractivity contribution >= 4 is 21.8 Å². The minimum atomic E-state index is 0.232. The van der Waals surface area contributed by atoms with Crippen molar-refractivity contribution in [3.8, 4) is 0 Å². The summed E-state index contributed by atoms with van der Waals surface area (Å²) in [6.45, 7) is 5.22. The molecule has 0 aliphatic carbocycles. The van der Waals surface area contributed by atoms with E-state index in [0.29, 0.717) is 11.2 Å². The lowest BCUT2D eigenvalue weighted by Crippen LogP contribution is -2.24. The van der Waals surface area contributed by atoms with Crippen LogP contribution in [0.4, 0.5) is 0 Å². The van der Waals surface area contributed by atoms with Crippen LogP contribution in [0.2, 0.25) is 0 Å². The Bertz CT molecular complexity index is 219. The van der Waals surface area contributed by atoms with Crippen LogP contribution in [0.25, 0.3) is 0 Å². The SMILES string of the molecule is CCCCCCCCCCCC(=O)NCCCC(C)Br. The fourth-order valence-corrected chi connectivity index (χ4v) is 2.62. The molecule has 20 heavy (non-hydrogen) atoms. The van der Waals surface area contributed by atoms with E-state index in [2.05, 4.69) is 35.1 Å². The Morgan fingerprint density at radius 1 is 0.950 bits per heavy atom. The summed E-state index contributed by atoms with van der Waals surface area (Å²) in [5.74, 6) is 0.232. The Kier molecular flexibility index (Phi) is 15.3. The van der Waals surface area contributed by atoms with E-state index in [1.54, 1.807) is 0 Å². The summed E-state index contributed by atoms with van der Waals surface area (Å²) in [4.78, 5) is 12.1. The average Bonchev–Trinajstić information content (AvgIpc) is 2.41. The van der Waals surface area contributed by atoms with E-state index in [4.69, 9.17) is 0 Å². The smallest absolute Gasteiger partial charge is 0.219 e. The Morgan fingerprint density at radius 3 is 2.05 bits per heavy atom.